The van der Waals surface area contributed by atoms with E-state index in [1.807, 2.05) is 47.4 Å². The van der Waals surface area contributed by atoms with Crippen molar-refractivity contribution >= 4 is 5.91 Å². The van der Waals surface area contributed by atoms with Crippen molar-refractivity contribution in [3.05, 3.63) is 59.7 Å². The fraction of sp³-hybridized carbons (Fsp3) is 0.333. The number of hydrogen-bond acceptors (Lipinski definition) is 3. The van der Waals surface area contributed by atoms with E-state index in [1.54, 1.807) is 6.07 Å². The van der Waals surface area contributed by atoms with Gasteiger partial charge in [0, 0.05) is 30.3 Å². The number of hydrogen-bond donors (Lipinski definition) is 0. The Hall–Kier alpha value is -2.64. The van der Waals surface area contributed by atoms with Crippen molar-refractivity contribution in [3.63, 3.8) is 0 Å². The lowest BCUT2D eigenvalue weighted by molar-refractivity contribution is 0.0664. The number of carbonyl (C=O) groups excluding carboxylic acids is 1. The number of rotatable bonds is 3. The largest absolute Gasteiger partial charge is 0.339 e. The van der Waals surface area contributed by atoms with Gasteiger partial charge in [0.25, 0.3) is 5.91 Å². The fourth-order valence-corrected chi connectivity index (χ4v) is 3.48. The maximum absolute atomic E-state index is 13.1. The lowest BCUT2D eigenvalue weighted by atomic mass is 9.94. The molecule has 0 unspecified atom stereocenters. The molecule has 2 aromatic carbocycles. The highest BCUT2D eigenvalue weighted by Crippen LogP contribution is 2.28. The second-order valence-corrected chi connectivity index (χ2v) is 6.69. The number of amides is 1. The molecule has 128 valence electrons. The van der Waals surface area contributed by atoms with Gasteiger partial charge in [0.15, 0.2) is 0 Å². The third-order valence-corrected chi connectivity index (χ3v) is 4.98. The normalized spacial score (nSPS) is 15.2. The summed E-state index contributed by atoms with van der Waals surface area (Å²) in [5.74, 6) is 0.0561. The van der Waals surface area contributed by atoms with Crippen LogP contribution in [0.5, 0.6) is 0 Å². The number of likely N-dealkylation sites (tertiary alicyclic amines) is 1. The number of nitrogens with zero attached hydrogens (tertiary/aromatic N) is 3. The van der Waals surface area contributed by atoms with Crippen LogP contribution in [0.3, 0.4) is 0 Å². The summed E-state index contributed by atoms with van der Waals surface area (Å²) in [5.41, 5.74) is 2.92. The quantitative estimate of drug-likeness (QED) is 0.865. The first kappa shape index (κ1) is 17.2. The van der Waals surface area contributed by atoms with E-state index in [0.29, 0.717) is 17.2 Å². The summed E-state index contributed by atoms with van der Waals surface area (Å²) >= 11 is 0. The van der Waals surface area contributed by atoms with E-state index in [0.717, 1.165) is 37.1 Å². The minimum atomic E-state index is 0.0561. The Morgan fingerprint density at radius 1 is 1.04 bits per heavy atom. The molecule has 0 spiro atoms. The lowest BCUT2D eigenvalue weighted by Crippen LogP contribution is -2.44. The molecule has 1 fully saturated rings. The van der Waals surface area contributed by atoms with Crippen molar-refractivity contribution < 1.29 is 4.79 Å². The molecule has 1 amide bonds. The lowest BCUT2D eigenvalue weighted by Gasteiger charge is -2.35. The molecule has 1 aliphatic rings. The SMILES string of the molecule is CN(C)C1CCN(C(=O)c2ccccc2-c2ccccc2C#N)CC1. The zero-order valence-corrected chi connectivity index (χ0v) is 14.8. The van der Waals surface area contributed by atoms with Crippen LogP contribution in [0.25, 0.3) is 11.1 Å². The Morgan fingerprint density at radius 2 is 1.64 bits per heavy atom. The molecule has 1 aliphatic heterocycles. The van der Waals surface area contributed by atoms with Crippen LogP contribution in [0.2, 0.25) is 0 Å². The average molecular weight is 333 g/mol. The number of piperidine rings is 1. The Labute approximate surface area is 149 Å². The van der Waals surface area contributed by atoms with E-state index < -0.39 is 0 Å². The van der Waals surface area contributed by atoms with Gasteiger partial charge >= 0.3 is 0 Å². The molecular formula is C21H23N3O. The van der Waals surface area contributed by atoms with Gasteiger partial charge in [-0.1, -0.05) is 36.4 Å². The number of carbonyl (C=O) groups is 1. The summed E-state index contributed by atoms with van der Waals surface area (Å²) in [5, 5.41) is 9.39. The van der Waals surface area contributed by atoms with Gasteiger partial charge < -0.3 is 9.80 Å². The van der Waals surface area contributed by atoms with Gasteiger partial charge in [-0.2, -0.15) is 5.26 Å². The fourth-order valence-electron chi connectivity index (χ4n) is 3.48. The highest BCUT2D eigenvalue weighted by atomic mass is 16.2. The summed E-state index contributed by atoms with van der Waals surface area (Å²) in [4.78, 5) is 17.3. The summed E-state index contributed by atoms with van der Waals surface area (Å²) in [6.45, 7) is 1.55. The molecule has 0 atom stereocenters. The van der Waals surface area contributed by atoms with Crippen molar-refractivity contribution in [2.75, 3.05) is 27.2 Å². The first-order chi connectivity index (χ1) is 12.1. The molecule has 0 saturated carbocycles. The van der Waals surface area contributed by atoms with Gasteiger partial charge in [0.1, 0.15) is 0 Å². The van der Waals surface area contributed by atoms with Crippen LogP contribution >= 0.6 is 0 Å². The topological polar surface area (TPSA) is 47.3 Å². The molecule has 4 nitrogen and oxygen atoms in total. The van der Waals surface area contributed by atoms with Crippen LogP contribution in [0.1, 0.15) is 28.8 Å². The van der Waals surface area contributed by atoms with Crippen LogP contribution in [-0.4, -0.2) is 48.9 Å². The van der Waals surface area contributed by atoms with Crippen LogP contribution in [0, 0.1) is 11.3 Å². The average Bonchev–Trinajstić information content (AvgIpc) is 2.67. The first-order valence-electron chi connectivity index (χ1n) is 8.66. The molecule has 1 saturated heterocycles. The summed E-state index contributed by atoms with van der Waals surface area (Å²) in [7, 11) is 4.19. The third kappa shape index (κ3) is 3.57. The first-order valence-corrected chi connectivity index (χ1v) is 8.66. The molecular weight excluding hydrogens is 310 g/mol. The van der Waals surface area contributed by atoms with Gasteiger partial charge in [0.2, 0.25) is 0 Å². The molecule has 0 aliphatic carbocycles. The maximum Gasteiger partial charge on any atom is 0.254 e. The molecule has 0 aromatic heterocycles. The summed E-state index contributed by atoms with van der Waals surface area (Å²) in [6, 6.07) is 17.8. The third-order valence-electron chi connectivity index (χ3n) is 4.98. The van der Waals surface area contributed by atoms with E-state index >= 15 is 0 Å². The summed E-state index contributed by atoms with van der Waals surface area (Å²) in [6.07, 6.45) is 1.99. The van der Waals surface area contributed by atoms with Crippen LogP contribution < -0.4 is 0 Å². The molecule has 0 radical (unpaired) electrons. The highest BCUT2D eigenvalue weighted by molar-refractivity contribution is 6.01. The second-order valence-electron chi connectivity index (χ2n) is 6.69. The number of nitriles is 1. The van der Waals surface area contributed by atoms with E-state index in [9.17, 15) is 10.1 Å². The Kier molecular flexibility index (Phi) is 5.16. The predicted molar refractivity (Wildman–Crippen MR) is 99.2 cm³/mol. The molecule has 0 bridgehead atoms. The Bertz CT molecular complexity index is 799. The van der Waals surface area contributed by atoms with Crippen molar-refractivity contribution in [2.45, 2.75) is 18.9 Å². The van der Waals surface area contributed by atoms with Gasteiger partial charge in [-0.05, 0) is 44.6 Å². The standard InChI is InChI=1S/C21H23N3O/c1-23(2)17-11-13-24(14-12-17)21(25)20-10-6-5-9-19(20)18-8-4-3-7-16(18)15-22/h3-10,17H,11-14H2,1-2H3. The van der Waals surface area contributed by atoms with Crippen molar-refractivity contribution in [2.24, 2.45) is 0 Å². The summed E-state index contributed by atoms with van der Waals surface area (Å²) < 4.78 is 0. The minimum Gasteiger partial charge on any atom is -0.339 e. The van der Waals surface area contributed by atoms with E-state index in [4.69, 9.17) is 0 Å². The van der Waals surface area contributed by atoms with Crippen molar-refractivity contribution in [3.8, 4) is 17.2 Å². The van der Waals surface area contributed by atoms with E-state index in [1.165, 1.54) is 0 Å². The molecule has 3 rings (SSSR count). The van der Waals surface area contributed by atoms with Crippen molar-refractivity contribution in [1.82, 2.24) is 9.80 Å². The van der Waals surface area contributed by atoms with E-state index in [2.05, 4.69) is 25.1 Å². The van der Waals surface area contributed by atoms with Gasteiger partial charge in [-0.15, -0.1) is 0 Å². The number of benzene rings is 2. The second kappa shape index (κ2) is 7.50. The Balaban J connectivity index is 1.89. The van der Waals surface area contributed by atoms with Gasteiger partial charge in [-0.25, -0.2) is 0 Å². The van der Waals surface area contributed by atoms with Crippen molar-refractivity contribution in [1.29, 1.82) is 5.26 Å². The van der Waals surface area contributed by atoms with E-state index in [-0.39, 0.29) is 5.91 Å². The predicted octanol–water partition coefficient (Wildman–Crippen LogP) is 3.39. The molecule has 4 heteroatoms. The maximum atomic E-state index is 13.1. The smallest absolute Gasteiger partial charge is 0.254 e. The van der Waals surface area contributed by atoms with Crippen LogP contribution in [0.15, 0.2) is 48.5 Å². The Morgan fingerprint density at radius 3 is 2.28 bits per heavy atom. The highest BCUT2D eigenvalue weighted by Gasteiger charge is 2.26. The van der Waals surface area contributed by atoms with Gasteiger partial charge in [0.05, 0.1) is 11.6 Å². The molecule has 25 heavy (non-hydrogen) atoms. The monoisotopic (exact) mass is 333 g/mol. The molecule has 0 N–H and O–H groups in total. The molecule has 2 aromatic rings. The minimum absolute atomic E-state index is 0.0561. The molecule has 1 heterocycles. The van der Waals surface area contributed by atoms with Crippen LogP contribution in [0.4, 0.5) is 0 Å². The van der Waals surface area contributed by atoms with Gasteiger partial charge in [-0.3, -0.25) is 4.79 Å². The zero-order valence-electron chi connectivity index (χ0n) is 14.8. The zero-order chi connectivity index (χ0) is 17.8. The van der Waals surface area contributed by atoms with Crippen LogP contribution in [-0.2, 0) is 0 Å².